The standard InChI is InChI=1S/C12H15FO2S/c1-3-8(2)16-7-9-5-4-6-10(11(9)13)12(14)15/h4-6,8H,3,7H2,1-2H3,(H,14,15). The second kappa shape index (κ2) is 5.89. The van der Waals surface area contributed by atoms with Crippen molar-refractivity contribution in [2.75, 3.05) is 0 Å². The van der Waals surface area contributed by atoms with E-state index in [0.717, 1.165) is 6.42 Å². The van der Waals surface area contributed by atoms with Crippen LogP contribution in [0.25, 0.3) is 0 Å². The number of rotatable bonds is 5. The van der Waals surface area contributed by atoms with Gasteiger partial charge in [-0.05, 0) is 18.1 Å². The zero-order chi connectivity index (χ0) is 12.1. The van der Waals surface area contributed by atoms with Gasteiger partial charge in [-0.15, -0.1) is 0 Å². The van der Waals surface area contributed by atoms with Crippen LogP contribution in [0.3, 0.4) is 0 Å². The van der Waals surface area contributed by atoms with Crippen LogP contribution in [-0.4, -0.2) is 16.3 Å². The molecule has 0 amide bonds. The Hall–Kier alpha value is -1.03. The van der Waals surface area contributed by atoms with Crippen LogP contribution in [0.15, 0.2) is 18.2 Å². The molecule has 2 nitrogen and oxygen atoms in total. The molecule has 0 aliphatic carbocycles. The van der Waals surface area contributed by atoms with Crippen molar-refractivity contribution < 1.29 is 14.3 Å². The van der Waals surface area contributed by atoms with E-state index < -0.39 is 11.8 Å². The lowest BCUT2D eigenvalue weighted by atomic mass is 10.1. The lowest BCUT2D eigenvalue weighted by Crippen LogP contribution is -2.04. The van der Waals surface area contributed by atoms with Crippen LogP contribution in [0.1, 0.15) is 36.2 Å². The van der Waals surface area contributed by atoms with Crippen LogP contribution in [0.2, 0.25) is 0 Å². The van der Waals surface area contributed by atoms with Gasteiger partial charge in [-0.1, -0.05) is 26.0 Å². The number of benzene rings is 1. The fraction of sp³-hybridized carbons (Fsp3) is 0.417. The van der Waals surface area contributed by atoms with E-state index in [0.29, 0.717) is 16.6 Å². The molecule has 0 aromatic heterocycles. The van der Waals surface area contributed by atoms with Gasteiger partial charge >= 0.3 is 5.97 Å². The minimum Gasteiger partial charge on any atom is -0.478 e. The van der Waals surface area contributed by atoms with Gasteiger partial charge in [-0.3, -0.25) is 0 Å². The summed E-state index contributed by atoms with van der Waals surface area (Å²) in [5.41, 5.74) is 0.215. The van der Waals surface area contributed by atoms with Crippen LogP contribution < -0.4 is 0 Å². The topological polar surface area (TPSA) is 37.3 Å². The molecule has 0 heterocycles. The normalized spacial score (nSPS) is 12.4. The molecule has 4 heteroatoms. The molecule has 88 valence electrons. The van der Waals surface area contributed by atoms with Gasteiger partial charge in [0.1, 0.15) is 5.82 Å². The molecule has 1 aromatic rings. The lowest BCUT2D eigenvalue weighted by Gasteiger charge is -2.09. The third kappa shape index (κ3) is 3.23. The van der Waals surface area contributed by atoms with Gasteiger partial charge in [0.2, 0.25) is 0 Å². The van der Waals surface area contributed by atoms with Gasteiger partial charge in [0, 0.05) is 11.0 Å². The lowest BCUT2D eigenvalue weighted by molar-refractivity contribution is 0.0691. The number of carbonyl (C=O) groups is 1. The van der Waals surface area contributed by atoms with Crippen molar-refractivity contribution in [2.45, 2.75) is 31.3 Å². The maximum absolute atomic E-state index is 13.7. The third-order valence-electron chi connectivity index (χ3n) is 2.41. The van der Waals surface area contributed by atoms with Crippen LogP contribution in [0.4, 0.5) is 4.39 Å². The molecule has 1 N–H and O–H groups in total. The average molecular weight is 242 g/mol. The summed E-state index contributed by atoms with van der Waals surface area (Å²) < 4.78 is 13.7. The average Bonchev–Trinajstić information content (AvgIpc) is 2.26. The second-order valence-electron chi connectivity index (χ2n) is 3.61. The molecule has 1 atom stereocenters. The molecule has 0 bridgehead atoms. The molecule has 0 aliphatic heterocycles. The van der Waals surface area contributed by atoms with E-state index >= 15 is 0 Å². The maximum atomic E-state index is 13.7. The Morgan fingerprint density at radius 3 is 2.81 bits per heavy atom. The molecule has 0 aliphatic rings. The quantitative estimate of drug-likeness (QED) is 0.857. The fourth-order valence-corrected chi connectivity index (χ4v) is 2.13. The third-order valence-corrected chi connectivity index (χ3v) is 3.79. The Bertz CT molecular complexity index is 379. The minimum atomic E-state index is -1.21. The van der Waals surface area contributed by atoms with Crippen molar-refractivity contribution in [3.05, 3.63) is 35.1 Å². The fourth-order valence-electron chi connectivity index (χ4n) is 1.21. The van der Waals surface area contributed by atoms with Gasteiger partial charge in [0.05, 0.1) is 5.56 Å². The van der Waals surface area contributed by atoms with Crippen LogP contribution in [-0.2, 0) is 5.75 Å². The summed E-state index contributed by atoms with van der Waals surface area (Å²) in [5.74, 6) is -1.30. The number of carboxylic acid groups (broad SMARTS) is 1. The first-order valence-corrected chi connectivity index (χ1v) is 6.23. The van der Waals surface area contributed by atoms with E-state index in [-0.39, 0.29) is 5.56 Å². The highest BCUT2D eigenvalue weighted by Gasteiger charge is 2.13. The molecular weight excluding hydrogens is 227 g/mol. The van der Waals surface area contributed by atoms with Gasteiger partial charge in [0.15, 0.2) is 0 Å². The maximum Gasteiger partial charge on any atom is 0.338 e. The molecule has 16 heavy (non-hydrogen) atoms. The largest absolute Gasteiger partial charge is 0.478 e. The first-order valence-electron chi connectivity index (χ1n) is 5.18. The summed E-state index contributed by atoms with van der Waals surface area (Å²) >= 11 is 1.63. The number of aromatic carboxylic acids is 1. The van der Waals surface area contributed by atoms with Gasteiger partial charge < -0.3 is 5.11 Å². The summed E-state index contributed by atoms with van der Waals surface area (Å²) in [6, 6.07) is 4.51. The monoisotopic (exact) mass is 242 g/mol. The molecule has 0 radical (unpaired) electrons. The van der Waals surface area contributed by atoms with E-state index in [4.69, 9.17) is 5.11 Å². The van der Waals surface area contributed by atoms with Crippen molar-refractivity contribution in [3.8, 4) is 0 Å². The molecular formula is C12H15FO2S. The summed E-state index contributed by atoms with van der Waals surface area (Å²) in [5, 5.41) is 9.22. The van der Waals surface area contributed by atoms with E-state index in [1.165, 1.54) is 6.07 Å². The SMILES string of the molecule is CCC(C)SCc1cccc(C(=O)O)c1F. The molecule has 0 saturated carbocycles. The van der Waals surface area contributed by atoms with E-state index in [1.807, 2.05) is 0 Å². The van der Waals surface area contributed by atoms with E-state index in [9.17, 15) is 9.18 Å². The van der Waals surface area contributed by atoms with Crippen molar-refractivity contribution in [1.29, 1.82) is 0 Å². The number of thioether (sulfide) groups is 1. The van der Waals surface area contributed by atoms with Crippen LogP contribution >= 0.6 is 11.8 Å². The Kier molecular flexibility index (Phi) is 4.80. The zero-order valence-electron chi connectivity index (χ0n) is 9.37. The van der Waals surface area contributed by atoms with Crippen molar-refractivity contribution >= 4 is 17.7 Å². The van der Waals surface area contributed by atoms with Crippen molar-refractivity contribution in [1.82, 2.24) is 0 Å². The summed E-state index contributed by atoms with van der Waals surface area (Å²) in [4.78, 5) is 10.7. The molecule has 0 saturated heterocycles. The molecule has 1 unspecified atom stereocenters. The summed E-state index contributed by atoms with van der Waals surface area (Å²) in [6.07, 6.45) is 1.02. The smallest absolute Gasteiger partial charge is 0.338 e. The first-order chi connectivity index (χ1) is 7.56. The minimum absolute atomic E-state index is 0.248. The summed E-state index contributed by atoms with van der Waals surface area (Å²) in [7, 11) is 0. The van der Waals surface area contributed by atoms with Crippen molar-refractivity contribution in [3.63, 3.8) is 0 Å². The van der Waals surface area contributed by atoms with Gasteiger partial charge in [0.25, 0.3) is 0 Å². The van der Waals surface area contributed by atoms with E-state index in [1.54, 1.807) is 23.9 Å². The Morgan fingerprint density at radius 2 is 2.25 bits per heavy atom. The van der Waals surface area contributed by atoms with Crippen LogP contribution in [0, 0.1) is 5.82 Å². The highest BCUT2D eigenvalue weighted by molar-refractivity contribution is 7.99. The highest BCUT2D eigenvalue weighted by Crippen LogP contribution is 2.23. The number of hydrogen-bond acceptors (Lipinski definition) is 2. The number of carboxylic acids is 1. The molecule has 1 rings (SSSR count). The molecule has 1 aromatic carbocycles. The zero-order valence-corrected chi connectivity index (χ0v) is 10.2. The molecule has 0 spiro atoms. The Morgan fingerprint density at radius 1 is 1.56 bits per heavy atom. The molecule has 0 fully saturated rings. The number of halogens is 1. The van der Waals surface area contributed by atoms with E-state index in [2.05, 4.69) is 13.8 Å². The Balaban J connectivity index is 2.81. The first kappa shape index (κ1) is 13.0. The highest BCUT2D eigenvalue weighted by atomic mass is 32.2. The summed E-state index contributed by atoms with van der Waals surface area (Å²) in [6.45, 7) is 4.14. The predicted octanol–water partition coefficient (Wildman–Crippen LogP) is 3.56. The van der Waals surface area contributed by atoms with Gasteiger partial charge in [-0.25, -0.2) is 9.18 Å². The second-order valence-corrected chi connectivity index (χ2v) is 5.04. The van der Waals surface area contributed by atoms with Gasteiger partial charge in [-0.2, -0.15) is 11.8 Å². The van der Waals surface area contributed by atoms with Crippen molar-refractivity contribution in [2.24, 2.45) is 0 Å². The predicted molar refractivity (Wildman–Crippen MR) is 64.4 cm³/mol. The number of hydrogen-bond donors (Lipinski definition) is 1. The Labute approximate surface area is 98.9 Å². The van der Waals surface area contributed by atoms with Crippen LogP contribution in [0.5, 0.6) is 0 Å².